The highest BCUT2D eigenvalue weighted by Gasteiger charge is 2.14. The molecule has 3 rings (SSSR count). The van der Waals surface area contributed by atoms with Crippen LogP contribution in [-0.2, 0) is 0 Å². The van der Waals surface area contributed by atoms with Crippen LogP contribution in [0.4, 0.5) is 11.6 Å². The van der Waals surface area contributed by atoms with Crippen LogP contribution in [0, 0.1) is 6.92 Å². The van der Waals surface area contributed by atoms with Gasteiger partial charge in [-0.05, 0) is 38.3 Å². The van der Waals surface area contributed by atoms with Crippen molar-refractivity contribution in [3.05, 3.63) is 29.6 Å². The third kappa shape index (κ3) is 3.18. The fraction of sp³-hybridized carbons (Fsp3) is 0.429. The van der Waals surface area contributed by atoms with Crippen molar-refractivity contribution in [1.29, 1.82) is 0 Å². The van der Waals surface area contributed by atoms with Gasteiger partial charge in [-0.2, -0.15) is 5.10 Å². The zero-order chi connectivity index (χ0) is 14.7. The Labute approximate surface area is 122 Å². The minimum atomic E-state index is -0.306. The Balaban J connectivity index is 1.67. The topological polar surface area (TPSA) is 86.8 Å². The fourth-order valence-electron chi connectivity index (χ4n) is 2.40. The largest absolute Gasteiger partial charge is 0.355 e. The molecule has 1 aliphatic heterocycles. The van der Waals surface area contributed by atoms with Crippen LogP contribution < -0.4 is 10.2 Å². The summed E-state index contributed by atoms with van der Waals surface area (Å²) >= 11 is 0. The molecule has 2 aromatic heterocycles. The van der Waals surface area contributed by atoms with E-state index in [9.17, 15) is 4.79 Å². The summed E-state index contributed by atoms with van der Waals surface area (Å²) in [4.78, 5) is 14.2. The van der Waals surface area contributed by atoms with E-state index in [2.05, 4.69) is 30.6 Å². The molecule has 0 bridgehead atoms. The normalized spacial score (nSPS) is 15.0. The summed E-state index contributed by atoms with van der Waals surface area (Å²) in [7, 11) is 0. The molecule has 1 amide bonds. The molecule has 0 unspecified atom stereocenters. The molecule has 0 radical (unpaired) electrons. The van der Waals surface area contributed by atoms with Gasteiger partial charge in [0, 0.05) is 24.8 Å². The fourth-order valence-corrected chi connectivity index (χ4v) is 2.40. The van der Waals surface area contributed by atoms with Crippen LogP contribution in [-0.4, -0.2) is 39.4 Å². The number of rotatable bonds is 3. The highest BCUT2D eigenvalue weighted by molar-refractivity contribution is 6.02. The van der Waals surface area contributed by atoms with Gasteiger partial charge in [-0.3, -0.25) is 9.89 Å². The molecule has 7 nitrogen and oxygen atoms in total. The molecule has 0 aromatic carbocycles. The van der Waals surface area contributed by atoms with Gasteiger partial charge in [0.2, 0.25) is 0 Å². The molecular formula is C14H18N6O. The van der Waals surface area contributed by atoms with E-state index in [1.165, 1.54) is 19.3 Å². The van der Waals surface area contributed by atoms with Gasteiger partial charge in [-0.15, -0.1) is 10.2 Å². The molecule has 3 heterocycles. The van der Waals surface area contributed by atoms with Gasteiger partial charge >= 0.3 is 0 Å². The Bertz CT molecular complexity index is 615. The predicted octanol–water partition coefficient (Wildman–Crippen LogP) is 1.75. The van der Waals surface area contributed by atoms with Crippen LogP contribution in [0.2, 0.25) is 0 Å². The number of carbonyl (C=O) groups excluding carboxylic acids is 1. The molecule has 1 fully saturated rings. The van der Waals surface area contributed by atoms with Crippen molar-refractivity contribution in [2.75, 3.05) is 23.3 Å². The number of nitrogens with zero attached hydrogens (tertiary/aromatic N) is 4. The Morgan fingerprint density at radius 3 is 2.67 bits per heavy atom. The number of amides is 1. The minimum absolute atomic E-state index is 0.288. The molecule has 2 N–H and O–H groups in total. The Hall–Kier alpha value is -2.44. The van der Waals surface area contributed by atoms with Gasteiger partial charge in [0.15, 0.2) is 17.3 Å². The van der Waals surface area contributed by atoms with Crippen molar-refractivity contribution in [2.24, 2.45) is 0 Å². The van der Waals surface area contributed by atoms with Crippen LogP contribution >= 0.6 is 0 Å². The van der Waals surface area contributed by atoms with Gasteiger partial charge in [0.1, 0.15) is 0 Å². The molecule has 7 heteroatoms. The van der Waals surface area contributed by atoms with Crippen molar-refractivity contribution in [1.82, 2.24) is 20.4 Å². The van der Waals surface area contributed by atoms with E-state index in [1.54, 1.807) is 12.1 Å². The monoisotopic (exact) mass is 286 g/mol. The highest BCUT2D eigenvalue weighted by Crippen LogP contribution is 2.16. The van der Waals surface area contributed by atoms with E-state index in [0.29, 0.717) is 5.82 Å². The first-order valence-corrected chi connectivity index (χ1v) is 7.14. The zero-order valence-corrected chi connectivity index (χ0v) is 12.0. The average Bonchev–Trinajstić information content (AvgIpc) is 2.93. The molecule has 2 aromatic rings. The third-order valence-corrected chi connectivity index (χ3v) is 3.51. The van der Waals surface area contributed by atoms with E-state index in [4.69, 9.17) is 0 Å². The summed E-state index contributed by atoms with van der Waals surface area (Å²) in [6, 6.07) is 5.31. The van der Waals surface area contributed by atoms with Crippen LogP contribution in [0.15, 0.2) is 18.2 Å². The zero-order valence-electron chi connectivity index (χ0n) is 12.0. The lowest BCUT2D eigenvalue weighted by Gasteiger charge is -2.27. The number of aromatic amines is 1. The van der Waals surface area contributed by atoms with Crippen molar-refractivity contribution >= 4 is 17.5 Å². The molecule has 21 heavy (non-hydrogen) atoms. The number of hydrogen-bond acceptors (Lipinski definition) is 5. The number of piperidine rings is 1. The van der Waals surface area contributed by atoms with E-state index in [1.807, 2.05) is 13.0 Å². The smallest absolute Gasteiger partial charge is 0.277 e. The van der Waals surface area contributed by atoms with E-state index in [0.717, 1.165) is 24.6 Å². The SMILES string of the molecule is Cc1cc(NC(=O)c2ccc(N3CCCCC3)nn2)n[nH]1. The summed E-state index contributed by atoms with van der Waals surface area (Å²) < 4.78 is 0. The molecule has 1 saturated heterocycles. The van der Waals surface area contributed by atoms with Gasteiger partial charge in [0.25, 0.3) is 5.91 Å². The number of carbonyl (C=O) groups is 1. The van der Waals surface area contributed by atoms with Crippen LogP contribution in [0.25, 0.3) is 0 Å². The Morgan fingerprint density at radius 2 is 2.05 bits per heavy atom. The summed E-state index contributed by atoms with van der Waals surface area (Å²) in [6.07, 6.45) is 3.64. The molecule has 1 aliphatic rings. The lowest BCUT2D eigenvalue weighted by Crippen LogP contribution is -2.30. The second-order valence-corrected chi connectivity index (χ2v) is 5.21. The number of aromatic nitrogens is 4. The van der Waals surface area contributed by atoms with Crippen LogP contribution in [0.3, 0.4) is 0 Å². The van der Waals surface area contributed by atoms with Crippen LogP contribution in [0.5, 0.6) is 0 Å². The van der Waals surface area contributed by atoms with E-state index in [-0.39, 0.29) is 11.6 Å². The molecule has 0 saturated carbocycles. The maximum Gasteiger partial charge on any atom is 0.277 e. The van der Waals surface area contributed by atoms with Gasteiger partial charge in [-0.25, -0.2) is 0 Å². The Kier molecular flexibility index (Phi) is 3.81. The summed E-state index contributed by atoms with van der Waals surface area (Å²) in [5.41, 5.74) is 1.17. The molecular weight excluding hydrogens is 268 g/mol. The number of nitrogens with one attached hydrogen (secondary N) is 2. The van der Waals surface area contributed by atoms with Gasteiger partial charge in [-0.1, -0.05) is 0 Å². The minimum Gasteiger partial charge on any atom is -0.355 e. The molecule has 110 valence electrons. The number of hydrogen-bond donors (Lipinski definition) is 2. The van der Waals surface area contributed by atoms with E-state index >= 15 is 0 Å². The summed E-state index contributed by atoms with van der Waals surface area (Å²) in [5, 5.41) is 17.6. The molecule has 0 spiro atoms. The van der Waals surface area contributed by atoms with Gasteiger partial charge < -0.3 is 10.2 Å². The number of anilines is 2. The van der Waals surface area contributed by atoms with Crippen molar-refractivity contribution in [3.63, 3.8) is 0 Å². The predicted molar refractivity (Wildman–Crippen MR) is 79.4 cm³/mol. The van der Waals surface area contributed by atoms with Crippen molar-refractivity contribution in [3.8, 4) is 0 Å². The van der Waals surface area contributed by atoms with E-state index < -0.39 is 0 Å². The quantitative estimate of drug-likeness (QED) is 0.897. The Morgan fingerprint density at radius 1 is 1.24 bits per heavy atom. The van der Waals surface area contributed by atoms with Crippen molar-refractivity contribution in [2.45, 2.75) is 26.2 Å². The molecule has 0 atom stereocenters. The standard InChI is InChI=1S/C14H18N6O/c1-10-9-12(18-16-10)15-14(21)11-5-6-13(19-17-11)20-7-3-2-4-8-20/h5-6,9H,2-4,7-8H2,1H3,(H2,15,16,18,21). The first-order valence-electron chi connectivity index (χ1n) is 7.14. The lowest BCUT2D eigenvalue weighted by molar-refractivity contribution is 0.102. The average molecular weight is 286 g/mol. The maximum atomic E-state index is 12.0. The first kappa shape index (κ1) is 13.5. The summed E-state index contributed by atoms with van der Waals surface area (Å²) in [5.74, 6) is 1.01. The second-order valence-electron chi connectivity index (χ2n) is 5.21. The first-order chi connectivity index (χ1) is 10.2. The number of aryl methyl sites for hydroxylation is 1. The number of H-pyrrole nitrogens is 1. The maximum absolute atomic E-state index is 12.0. The third-order valence-electron chi connectivity index (χ3n) is 3.51. The van der Waals surface area contributed by atoms with Crippen LogP contribution in [0.1, 0.15) is 35.4 Å². The lowest BCUT2D eigenvalue weighted by atomic mass is 10.1. The van der Waals surface area contributed by atoms with Gasteiger partial charge in [0.05, 0.1) is 0 Å². The molecule has 0 aliphatic carbocycles. The highest BCUT2D eigenvalue weighted by atomic mass is 16.2. The summed E-state index contributed by atoms with van der Waals surface area (Å²) in [6.45, 7) is 3.88. The second kappa shape index (κ2) is 5.90. The van der Waals surface area contributed by atoms with Crippen molar-refractivity contribution < 1.29 is 4.79 Å².